The number of alkyl halides is 3. The summed E-state index contributed by atoms with van der Waals surface area (Å²) in [6, 6.07) is 6.84. The van der Waals surface area contributed by atoms with Gasteiger partial charge in [-0.3, -0.25) is 10.2 Å². The molecule has 0 fully saturated rings. The molecule has 2 aliphatic heterocycles. The number of hydrazone groups is 1. The molecule has 0 radical (unpaired) electrons. The van der Waals surface area contributed by atoms with Crippen LogP contribution in [0.25, 0.3) is 11.8 Å². The molecule has 0 aliphatic carbocycles. The van der Waals surface area contributed by atoms with Gasteiger partial charge in [0.05, 0.1) is 11.1 Å². The second-order valence-corrected chi connectivity index (χ2v) is 8.12. The number of rotatable bonds is 3. The number of amides is 1. The maximum atomic E-state index is 13.1. The third-order valence-corrected chi connectivity index (χ3v) is 6.05. The Hall–Kier alpha value is -3.14. The highest BCUT2D eigenvalue weighted by Gasteiger charge is 2.35. The van der Waals surface area contributed by atoms with Gasteiger partial charge in [0, 0.05) is 17.1 Å². The minimum Gasteiger partial charge on any atom is -0.318 e. The van der Waals surface area contributed by atoms with Crippen molar-refractivity contribution in [3.05, 3.63) is 58.4 Å². The molecule has 3 heterocycles. The molecular weight excluding hydrogens is 427 g/mol. The van der Waals surface area contributed by atoms with Crippen molar-refractivity contribution in [1.82, 2.24) is 9.58 Å². The van der Waals surface area contributed by atoms with Gasteiger partial charge >= 0.3 is 6.18 Å². The Balaban J connectivity index is 1.75. The summed E-state index contributed by atoms with van der Waals surface area (Å²) in [6.07, 6.45) is -2.24. The van der Waals surface area contributed by atoms with Crippen LogP contribution in [0, 0.1) is 19.3 Å². The monoisotopic (exact) mass is 445 g/mol. The van der Waals surface area contributed by atoms with Crippen molar-refractivity contribution in [2.75, 3.05) is 0 Å². The quantitative estimate of drug-likeness (QED) is 0.665. The van der Waals surface area contributed by atoms with E-state index in [1.54, 1.807) is 36.6 Å². The summed E-state index contributed by atoms with van der Waals surface area (Å²) >= 11 is 1.26. The lowest BCUT2D eigenvalue weighted by molar-refractivity contribution is -0.137. The molecule has 1 N–H and O–H groups in total. The summed E-state index contributed by atoms with van der Waals surface area (Å²) < 4.78 is 41.1. The second-order valence-electron chi connectivity index (χ2n) is 7.08. The number of fused-ring (bicyclic) bond motifs is 1. The number of nitrogens with one attached hydrogen (secondary N) is 1. The number of hydrogen-bond donors (Lipinski definition) is 1. The molecule has 1 amide bonds. The fourth-order valence-electron chi connectivity index (χ4n) is 3.48. The zero-order chi connectivity index (χ0) is 22.5. The molecule has 6 nitrogen and oxygen atoms in total. The Morgan fingerprint density at radius 3 is 2.65 bits per heavy atom. The van der Waals surface area contributed by atoms with Crippen LogP contribution in [-0.4, -0.2) is 31.5 Å². The molecule has 0 unspecified atom stereocenters. The van der Waals surface area contributed by atoms with E-state index in [4.69, 9.17) is 5.41 Å². The molecule has 4 rings (SSSR count). The van der Waals surface area contributed by atoms with Gasteiger partial charge in [0.25, 0.3) is 5.91 Å². The normalized spacial score (nSPS) is 17.9. The predicted octanol–water partition coefficient (Wildman–Crippen LogP) is 5.14. The Morgan fingerprint density at radius 1 is 1.23 bits per heavy atom. The molecule has 160 valence electrons. The summed E-state index contributed by atoms with van der Waals surface area (Å²) in [6.45, 7) is 5.45. The fraction of sp³-hybridized carbons (Fsp3) is 0.238. The van der Waals surface area contributed by atoms with Gasteiger partial charge in [0.1, 0.15) is 5.04 Å². The van der Waals surface area contributed by atoms with E-state index in [9.17, 15) is 18.0 Å². The standard InChI is InChI=1S/C21H18F3N5OS/c1-4-17-27-29-18(25)16(19(30)26-20(29)31-17)9-13-8-11(2)28(12(13)3)15-7-5-6-14(10-15)21(22,23)24/h5-10,25H,4H2,1-3H3. The third-order valence-electron chi connectivity index (χ3n) is 5.00. The van der Waals surface area contributed by atoms with Crippen molar-refractivity contribution in [3.8, 4) is 5.69 Å². The van der Waals surface area contributed by atoms with Crippen molar-refractivity contribution < 1.29 is 18.0 Å². The molecule has 2 aromatic rings. The first-order chi connectivity index (χ1) is 14.6. The SMILES string of the molecule is CCC1=NN2C(=N)C(=Cc3cc(C)n(-c4cccc(C(F)(F)F)c4)c3C)C(=O)N=C2S1. The number of carbonyl (C=O) groups excluding carboxylic acids is 1. The Labute approximate surface area is 180 Å². The first kappa shape index (κ1) is 21.1. The van der Waals surface area contributed by atoms with Crippen LogP contribution < -0.4 is 0 Å². The zero-order valence-electron chi connectivity index (χ0n) is 16.9. The van der Waals surface area contributed by atoms with Gasteiger partial charge in [-0.15, -0.1) is 0 Å². The summed E-state index contributed by atoms with van der Waals surface area (Å²) in [5.74, 6) is -0.616. The highest BCUT2D eigenvalue weighted by Crippen LogP contribution is 2.33. The molecule has 31 heavy (non-hydrogen) atoms. The molecule has 0 bridgehead atoms. The number of aliphatic imine (C=N–C) groups is 1. The van der Waals surface area contributed by atoms with Crippen LogP contribution in [0.15, 0.2) is 46.0 Å². The van der Waals surface area contributed by atoms with Crippen LogP contribution in [0.2, 0.25) is 0 Å². The number of halogens is 3. The van der Waals surface area contributed by atoms with Crippen LogP contribution >= 0.6 is 11.8 Å². The number of amidine groups is 2. The summed E-state index contributed by atoms with van der Waals surface area (Å²) in [7, 11) is 0. The average Bonchev–Trinajstić information content (AvgIpc) is 3.25. The van der Waals surface area contributed by atoms with Crippen LogP contribution in [0.1, 0.15) is 35.9 Å². The molecule has 0 spiro atoms. The zero-order valence-corrected chi connectivity index (χ0v) is 17.7. The topological polar surface area (TPSA) is 73.8 Å². The average molecular weight is 445 g/mol. The number of nitrogens with zero attached hydrogens (tertiary/aromatic N) is 4. The lowest BCUT2D eigenvalue weighted by Gasteiger charge is -2.20. The molecule has 1 aromatic heterocycles. The van der Waals surface area contributed by atoms with Crippen molar-refractivity contribution in [2.24, 2.45) is 10.1 Å². The van der Waals surface area contributed by atoms with Gasteiger partial charge < -0.3 is 4.57 Å². The van der Waals surface area contributed by atoms with Crippen LogP contribution in [0.5, 0.6) is 0 Å². The first-order valence-corrected chi connectivity index (χ1v) is 10.3. The predicted molar refractivity (Wildman–Crippen MR) is 116 cm³/mol. The Morgan fingerprint density at radius 2 is 1.97 bits per heavy atom. The number of hydrogen-bond acceptors (Lipinski definition) is 4. The second kappa shape index (κ2) is 7.52. The van der Waals surface area contributed by atoms with E-state index < -0.39 is 17.6 Å². The fourth-order valence-corrected chi connectivity index (χ4v) is 4.31. The van der Waals surface area contributed by atoms with E-state index in [0.29, 0.717) is 34.2 Å². The highest BCUT2D eigenvalue weighted by molar-refractivity contribution is 8.26. The van der Waals surface area contributed by atoms with Crippen molar-refractivity contribution >= 4 is 39.8 Å². The van der Waals surface area contributed by atoms with E-state index in [1.807, 2.05) is 6.92 Å². The number of thioether (sulfide) groups is 1. The van der Waals surface area contributed by atoms with Gasteiger partial charge in [0.15, 0.2) is 5.84 Å². The van der Waals surface area contributed by atoms with E-state index >= 15 is 0 Å². The molecule has 0 saturated heterocycles. The minimum atomic E-state index is -4.44. The maximum Gasteiger partial charge on any atom is 0.416 e. The van der Waals surface area contributed by atoms with E-state index in [-0.39, 0.29) is 11.4 Å². The van der Waals surface area contributed by atoms with Crippen LogP contribution in [0.4, 0.5) is 13.2 Å². The number of aryl methyl sites for hydroxylation is 1. The lowest BCUT2D eigenvalue weighted by Crippen LogP contribution is -2.35. The number of carbonyl (C=O) groups is 1. The van der Waals surface area contributed by atoms with Gasteiger partial charge in [-0.1, -0.05) is 13.0 Å². The maximum absolute atomic E-state index is 13.1. The largest absolute Gasteiger partial charge is 0.416 e. The molecule has 0 saturated carbocycles. The third kappa shape index (κ3) is 3.71. The van der Waals surface area contributed by atoms with Crippen molar-refractivity contribution in [2.45, 2.75) is 33.4 Å². The summed E-state index contributed by atoms with van der Waals surface area (Å²) in [4.78, 5) is 16.6. The first-order valence-electron chi connectivity index (χ1n) is 9.45. The Bertz CT molecular complexity index is 1210. The van der Waals surface area contributed by atoms with E-state index in [0.717, 1.165) is 17.2 Å². The molecular formula is C21H18F3N5OS. The van der Waals surface area contributed by atoms with Crippen LogP contribution in [-0.2, 0) is 11.0 Å². The van der Waals surface area contributed by atoms with Gasteiger partial charge in [-0.25, -0.2) is 0 Å². The highest BCUT2D eigenvalue weighted by atomic mass is 32.2. The van der Waals surface area contributed by atoms with Gasteiger partial charge in [-0.2, -0.15) is 28.3 Å². The van der Waals surface area contributed by atoms with Crippen molar-refractivity contribution in [1.29, 1.82) is 5.41 Å². The molecule has 0 atom stereocenters. The molecule has 10 heteroatoms. The number of aromatic nitrogens is 1. The number of benzene rings is 1. The molecule has 2 aliphatic rings. The smallest absolute Gasteiger partial charge is 0.318 e. The van der Waals surface area contributed by atoms with Gasteiger partial charge in [-0.05, 0) is 67.9 Å². The van der Waals surface area contributed by atoms with Crippen LogP contribution in [0.3, 0.4) is 0 Å². The van der Waals surface area contributed by atoms with Crippen molar-refractivity contribution in [3.63, 3.8) is 0 Å². The molecule has 1 aromatic carbocycles. The lowest BCUT2D eigenvalue weighted by atomic mass is 10.1. The Kier molecular flexibility index (Phi) is 5.12. The van der Waals surface area contributed by atoms with E-state index in [2.05, 4.69) is 10.1 Å². The van der Waals surface area contributed by atoms with E-state index in [1.165, 1.54) is 22.8 Å². The summed E-state index contributed by atoms with van der Waals surface area (Å²) in [5, 5.41) is 15.2. The minimum absolute atomic E-state index is 0.0742. The van der Waals surface area contributed by atoms with Gasteiger partial charge in [0.2, 0.25) is 5.17 Å². The summed E-state index contributed by atoms with van der Waals surface area (Å²) in [5.41, 5.74) is 1.68.